The van der Waals surface area contributed by atoms with Crippen LogP contribution in [0.2, 0.25) is 0 Å². The number of methoxy groups -OCH3 is 3. The van der Waals surface area contributed by atoms with E-state index in [1.807, 2.05) is 48.5 Å². The van der Waals surface area contributed by atoms with E-state index in [0.717, 1.165) is 22.3 Å². The van der Waals surface area contributed by atoms with Crippen molar-refractivity contribution in [1.29, 1.82) is 0 Å². The van der Waals surface area contributed by atoms with Gasteiger partial charge in [-0.25, -0.2) is 0 Å². The summed E-state index contributed by atoms with van der Waals surface area (Å²) < 4.78 is 21.4. The molecule has 7 heteroatoms. The minimum atomic E-state index is -0.289. The smallest absolute Gasteiger partial charge is 0.255 e. The number of benzene rings is 3. The average molecular weight is 418 g/mol. The topological polar surface area (TPSA) is 82.0 Å². The molecule has 1 amide bonds. The molecule has 0 fully saturated rings. The van der Waals surface area contributed by atoms with Gasteiger partial charge in [0, 0.05) is 28.0 Å². The standard InChI is InChI=1S/C24H22N2O5/c1-28-21-13-15(14-22(29-2)23(21)30-3)24(27)26-17-9-7-16(8-10-17)25-19-5-4-6-20-18(19)11-12-31-20/h4-14,25H,1-3H3,(H,26,27). The summed E-state index contributed by atoms with van der Waals surface area (Å²) in [7, 11) is 4.53. The van der Waals surface area contributed by atoms with Gasteiger partial charge in [0.15, 0.2) is 11.5 Å². The molecule has 1 heterocycles. The predicted octanol–water partition coefficient (Wildman–Crippen LogP) is 5.45. The van der Waals surface area contributed by atoms with Gasteiger partial charge in [0.1, 0.15) is 5.58 Å². The summed E-state index contributed by atoms with van der Waals surface area (Å²) in [6, 6.07) is 18.4. The highest BCUT2D eigenvalue weighted by Gasteiger charge is 2.17. The molecule has 3 aromatic carbocycles. The summed E-state index contributed by atoms with van der Waals surface area (Å²) in [6.07, 6.45) is 1.66. The van der Waals surface area contributed by atoms with Crippen LogP contribution in [0.5, 0.6) is 17.2 Å². The number of carbonyl (C=O) groups is 1. The molecule has 0 aliphatic carbocycles. The van der Waals surface area contributed by atoms with Crippen LogP contribution in [0, 0.1) is 0 Å². The van der Waals surface area contributed by atoms with Gasteiger partial charge < -0.3 is 29.3 Å². The lowest BCUT2D eigenvalue weighted by Crippen LogP contribution is -2.12. The van der Waals surface area contributed by atoms with E-state index in [1.165, 1.54) is 21.3 Å². The molecule has 1 aromatic heterocycles. The summed E-state index contributed by atoms with van der Waals surface area (Å²) in [5.41, 5.74) is 3.70. The number of ether oxygens (including phenoxy) is 3. The van der Waals surface area contributed by atoms with Gasteiger partial charge in [-0.1, -0.05) is 6.07 Å². The SMILES string of the molecule is COc1cc(C(=O)Nc2ccc(Nc3cccc4occc34)cc2)cc(OC)c1OC. The Labute approximate surface area is 179 Å². The predicted molar refractivity (Wildman–Crippen MR) is 120 cm³/mol. The highest BCUT2D eigenvalue weighted by molar-refractivity contribution is 6.05. The fourth-order valence-electron chi connectivity index (χ4n) is 3.31. The van der Waals surface area contributed by atoms with Gasteiger partial charge in [0.2, 0.25) is 5.75 Å². The second-order valence-corrected chi connectivity index (χ2v) is 6.71. The summed E-state index contributed by atoms with van der Waals surface area (Å²) >= 11 is 0. The first-order valence-electron chi connectivity index (χ1n) is 9.57. The summed E-state index contributed by atoms with van der Waals surface area (Å²) in [4.78, 5) is 12.8. The van der Waals surface area contributed by atoms with Crippen LogP contribution in [-0.2, 0) is 0 Å². The zero-order valence-corrected chi connectivity index (χ0v) is 17.4. The molecular formula is C24H22N2O5. The van der Waals surface area contributed by atoms with Crippen LogP contribution >= 0.6 is 0 Å². The van der Waals surface area contributed by atoms with Gasteiger partial charge in [0.25, 0.3) is 5.91 Å². The fraction of sp³-hybridized carbons (Fsp3) is 0.125. The number of amides is 1. The minimum Gasteiger partial charge on any atom is -0.493 e. The summed E-state index contributed by atoms with van der Waals surface area (Å²) in [5.74, 6) is 0.979. The lowest BCUT2D eigenvalue weighted by atomic mass is 10.1. The van der Waals surface area contributed by atoms with Gasteiger partial charge in [-0.2, -0.15) is 0 Å². The Morgan fingerprint density at radius 2 is 1.52 bits per heavy atom. The number of carbonyl (C=O) groups excluding carboxylic acids is 1. The van der Waals surface area contributed by atoms with Crippen molar-refractivity contribution in [3.8, 4) is 17.2 Å². The second kappa shape index (κ2) is 8.71. The Morgan fingerprint density at radius 3 is 2.16 bits per heavy atom. The first kappa shape index (κ1) is 20.2. The number of anilines is 3. The molecule has 0 saturated carbocycles. The van der Waals surface area contributed by atoms with E-state index < -0.39 is 0 Å². The Hall–Kier alpha value is -4.13. The molecule has 0 unspecified atom stereocenters. The lowest BCUT2D eigenvalue weighted by molar-refractivity contribution is 0.102. The van der Waals surface area contributed by atoms with Crippen LogP contribution in [0.4, 0.5) is 17.1 Å². The summed E-state index contributed by atoms with van der Waals surface area (Å²) in [5, 5.41) is 7.25. The van der Waals surface area contributed by atoms with Crippen molar-refractivity contribution in [3.05, 3.63) is 72.5 Å². The number of rotatable bonds is 7. The number of hydrogen-bond acceptors (Lipinski definition) is 6. The average Bonchev–Trinajstić information content (AvgIpc) is 3.29. The van der Waals surface area contributed by atoms with Crippen LogP contribution in [-0.4, -0.2) is 27.2 Å². The van der Waals surface area contributed by atoms with Crippen molar-refractivity contribution >= 4 is 33.9 Å². The highest BCUT2D eigenvalue weighted by atomic mass is 16.5. The number of hydrogen-bond donors (Lipinski definition) is 2. The summed E-state index contributed by atoms with van der Waals surface area (Å²) in [6.45, 7) is 0. The zero-order valence-electron chi connectivity index (χ0n) is 17.4. The van der Waals surface area contributed by atoms with E-state index in [1.54, 1.807) is 18.4 Å². The molecule has 7 nitrogen and oxygen atoms in total. The van der Waals surface area contributed by atoms with Crippen molar-refractivity contribution in [3.63, 3.8) is 0 Å². The van der Waals surface area contributed by atoms with Crippen molar-refractivity contribution in [2.24, 2.45) is 0 Å². The van der Waals surface area contributed by atoms with Crippen LogP contribution < -0.4 is 24.8 Å². The van der Waals surface area contributed by atoms with Crippen molar-refractivity contribution < 1.29 is 23.4 Å². The maximum absolute atomic E-state index is 12.8. The van der Waals surface area contributed by atoms with Crippen LogP contribution in [0.1, 0.15) is 10.4 Å². The molecular weight excluding hydrogens is 396 g/mol. The van der Waals surface area contributed by atoms with E-state index in [2.05, 4.69) is 10.6 Å². The van der Waals surface area contributed by atoms with Gasteiger partial charge in [-0.15, -0.1) is 0 Å². The third kappa shape index (κ3) is 4.11. The molecule has 0 atom stereocenters. The Balaban J connectivity index is 1.50. The number of fused-ring (bicyclic) bond motifs is 1. The maximum atomic E-state index is 12.8. The second-order valence-electron chi connectivity index (χ2n) is 6.71. The van der Waals surface area contributed by atoms with E-state index in [-0.39, 0.29) is 5.91 Å². The number of furan rings is 1. The van der Waals surface area contributed by atoms with Gasteiger partial charge in [-0.05, 0) is 54.6 Å². The molecule has 0 aliphatic heterocycles. The third-order valence-electron chi connectivity index (χ3n) is 4.84. The normalized spacial score (nSPS) is 10.5. The molecule has 0 radical (unpaired) electrons. The zero-order chi connectivity index (χ0) is 21.8. The van der Waals surface area contributed by atoms with E-state index in [0.29, 0.717) is 28.5 Å². The molecule has 0 bridgehead atoms. The Kier molecular flexibility index (Phi) is 5.66. The molecule has 4 rings (SSSR count). The molecule has 2 N–H and O–H groups in total. The Morgan fingerprint density at radius 1 is 0.839 bits per heavy atom. The quantitative estimate of drug-likeness (QED) is 0.415. The van der Waals surface area contributed by atoms with Gasteiger partial charge >= 0.3 is 0 Å². The van der Waals surface area contributed by atoms with Crippen LogP contribution in [0.15, 0.2) is 71.3 Å². The molecule has 158 valence electrons. The van der Waals surface area contributed by atoms with E-state index >= 15 is 0 Å². The van der Waals surface area contributed by atoms with Crippen LogP contribution in [0.25, 0.3) is 11.0 Å². The Bertz CT molecular complexity index is 1190. The van der Waals surface area contributed by atoms with E-state index in [4.69, 9.17) is 18.6 Å². The molecule has 0 saturated heterocycles. The first-order chi connectivity index (χ1) is 15.1. The monoisotopic (exact) mass is 418 g/mol. The lowest BCUT2D eigenvalue weighted by Gasteiger charge is -2.14. The third-order valence-corrected chi connectivity index (χ3v) is 4.84. The van der Waals surface area contributed by atoms with Crippen molar-refractivity contribution in [1.82, 2.24) is 0 Å². The molecule has 0 aliphatic rings. The molecule has 0 spiro atoms. The highest BCUT2D eigenvalue weighted by Crippen LogP contribution is 2.38. The van der Waals surface area contributed by atoms with Crippen molar-refractivity contribution in [2.45, 2.75) is 0 Å². The van der Waals surface area contributed by atoms with Gasteiger partial charge in [-0.3, -0.25) is 4.79 Å². The maximum Gasteiger partial charge on any atom is 0.255 e. The van der Waals surface area contributed by atoms with Crippen molar-refractivity contribution in [2.75, 3.05) is 32.0 Å². The van der Waals surface area contributed by atoms with Gasteiger partial charge in [0.05, 0.1) is 27.6 Å². The first-order valence-corrected chi connectivity index (χ1v) is 9.57. The number of nitrogens with one attached hydrogen (secondary N) is 2. The minimum absolute atomic E-state index is 0.289. The molecule has 31 heavy (non-hydrogen) atoms. The fourth-order valence-corrected chi connectivity index (χ4v) is 3.31. The van der Waals surface area contributed by atoms with Crippen LogP contribution in [0.3, 0.4) is 0 Å². The largest absolute Gasteiger partial charge is 0.493 e. The van der Waals surface area contributed by atoms with E-state index in [9.17, 15) is 4.79 Å². The molecule has 4 aromatic rings.